The van der Waals surface area contributed by atoms with Gasteiger partial charge in [0.25, 0.3) is 0 Å². The summed E-state index contributed by atoms with van der Waals surface area (Å²) in [6, 6.07) is 0. The Labute approximate surface area is 150 Å². The summed E-state index contributed by atoms with van der Waals surface area (Å²) in [6.07, 6.45) is -14.8. The van der Waals surface area contributed by atoms with Crippen molar-refractivity contribution in [3.05, 3.63) is 22.3 Å². The molecular formula is C12F18. The van der Waals surface area contributed by atoms with Crippen LogP contribution in [0.25, 0.3) is 0 Å². The molecule has 0 fully saturated rings. The highest BCUT2D eigenvalue weighted by molar-refractivity contribution is 5.66. The lowest BCUT2D eigenvalue weighted by Crippen LogP contribution is -2.68. The molecule has 2 aliphatic rings. The molecule has 0 bridgehead atoms. The Balaban J connectivity index is 3.22. The molecule has 0 aromatic rings. The van der Waals surface area contributed by atoms with E-state index < -0.39 is 70.2 Å². The summed E-state index contributed by atoms with van der Waals surface area (Å²) in [5.41, 5.74) is -18.7. The number of hydrogen-bond acceptors (Lipinski definition) is 0. The van der Waals surface area contributed by atoms with E-state index in [9.17, 15) is 79.0 Å². The first kappa shape index (κ1) is 24.5. The zero-order valence-electron chi connectivity index (χ0n) is 12.8. The summed E-state index contributed by atoms with van der Waals surface area (Å²) in [5.74, 6) is -44.7. The molecule has 2 rings (SSSR count). The minimum Gasteiger partial charge on any atom is -0.196 e. The summed E-state index contributed by atoms with van der Waals surface area (Å²) in [7, 11) is 0. The SMILES string of the molecule is FC(F)(F)C1=C(C(F)(F)C(F)(F)F)C2=C(C1(F)F)C(F)(F)C(F)(F)C(F)(F)C2(F)F. The molecule has 0 aromatic heterocycles. The maximum atomic E-state index is 13.9. The number of hydrogen-bond donors (Lipinski definition) is 0. The van der Waals surface area contributed by atoms with Crippen molar-refractivity contribution in [2.45, 2.75) is 47.9 Å². The number of alkyl halides is 18. The van der Waals surface area contributed by atoms with Gasteiger partial charge in [-0.3, -0.25) is 0 Å². The van der Waals surface area contributed by atoms with Gasteiger partial charge in [-0.15, -0.1) is 0 Å². The van der Waals surface area contributed by atoms with Gasteiger partial charge in [0, 0.05) is 5.57 Å². The highest BCUT2D eigenvalue weighted by Gasteiger charge is 2.91. The van der Waals surface area contributed by atoms with Crippen LogP contribution in [0.5, 0.6) is 0 Å². The third-order valence-corrected chi connectivity index (χ3v) is 4.14. The van der Waals surface area contributed by atoms with E-state index in [1.807, 2.05) is 0 Å². The van der Waals surface area contributed by atoms with E-state index in [0.29, 0.717) is 0 Å². The Morgan fingerprint density at radius 1 is 0.533 bits per heavy atom. The quantitative estimate of drug-likeness (QED) is 0.370. The fraction of sp³-hybridized carbons (Fsp3) is 0.667. The fourth-order valence-corrected chi connectivity index (χ4v) is 2.84. The molecule has 2 aliphatic carbocycles. The molecule has 0 spiro atoms. The summed E-state index contributed by atoms with van der Waals surface area (Å²) >= 11 is 0. The van der Waals surface area contributed by atoms with Crippen molar-refractivity contribution >= 4 is 0 Å². The Morgan fingerprint density at radius 2 is 0.900 bits per heavy atom. The molecule has 0 aliphatic heterocycles. The van der Waals surface area contributed by atoms with Crippen LogP contribution in [0.3, 0.4) is 0 Å². The maximum absolute atomic E-state index is 13.9. The van der Waals surface area contributed by atoms with Crippen LogP contribution in [-0.4, -0.2) is 47.9 Å². The van der Waals surface area contributed by atoms with Crippen molar-refractivity contribution < 1.29 is 79.0 Å². The smallest absolute Gasteiger partial charge is 0.196 e. The average molecular weight is 486 g/mol. The molecule has 0 radical (unpaired) electrons. The van der Waals surface area contributed by atoms with E-state index in [4.69, 9.17) is 0 Å². The fourth-order valence-electron chi connectivity index (χ4n) is 2.84. The second-order valence-electron chi connectivity index (χ2n) is 5.94. The van der Waals surface area contributed by atoms with Crippen LogP contribution in [0, 0.1) is 0 Å². The lowest BCUT2D eigenvalue weighted by Gasteiger charge is -2.44. The van der Waals surface area contributed by atoms with Crippen LogP contribution in [0.1, 0.15) is 0 Å². The van der Waals surface area contributed by atoms with Gasteiger partial charge in [-0.25, -0.2) is 0 Å². The third kappa shape index (κ3) is 2.47. The van der Waals surface area contributed by atoms with Crippen molar-refractivity contribution in [2.24, 2.45) is 0 Å². The Hall–Kier alpha value is -1.78. The standard InChI is InChI=1S/C12F18/c13-5(14)3-1(6(15,16)10(24,25)11(26,27)8(3,19)20)2(4(5)9(21,22)23)7(17,18)12(28,29)30. The van der Waals surface area contributed by atoms with Crippen LogP contribution in [0.2, 0.25) is 0 Å². The largest absolute Gasteiger partial charge is 0.458 e. The first-order valence-electron chi connectivity index (χ1n) is 6.65. The summed E-state index contributed by atoms with van der Waals surface area (Å²) in [4.78, 5) is 0. The second-order valence-corrected chi connectivity index (χ2v) is 5.94. The summed E-state index contributed by atoms with van der Waals surface area (Å²) in [5, 5.41) is 0. The molecule has 0 amide bonds. The van der Waals surface area contributed by atoms with E-state index in [2.05, 4.69) is 0 Å². The zero-order chi connectivity index (χ0) is 24.3. The first-order chi connectivity index (χ1) is 12.7. The van der Waals surface area contributed by atoms with Crippen LogP contribution in [-0.2, 0) is 0 Å². The molecule has 0 unspecified atom stereocenters. The molecule has 18 heteroatoms. The van der Waals surface area contributed by atoms with Crippen LogP contribution in [0.4, 0.5) is 79.0 Å². The van der Waals surface area contributed by atoms with E-state index >= 15 is 0 Å². The number of halogens is 18. The molecule has 0 nitrogen and oxygen atoms in total. The average Bonchev–Trinajstić information content (AvgIpc) is 2.73. The van der Waals surface area contributed by atoms with E-state index in [1.165, 1.54) is 0 Å². The Kier molecular flexibility index (Phi) is 4.51. The second kappa shape index (κ2) is 5.52. The van der Waals surface area contributed by atoms with Crippen LogP contribution >= 0.6 is 0 Å². The van der Waals surface area contributed by atoms with Gasteiger partial charge in [-0.1, -0.05) is 0 Å². The van der Waals surface area contributed by atoms with Crippen molar-refractivity contribution in [3.63, 3.8) is 0 Å². The molecular weight excluding hydrogens is 486 g/mol. The Bertz CT molecular complexity index is 828. The number of rotatable bonds is 1. The van der Waals surface area contributed by atoms with Gasteiger partial charge in [0.2, 0.25) is 0 Å². The molecule has 0 atom stereocenters. The molecule has 0 aromatic carbocycles. The minimum absolute atomic E-state index is 4.57. The Morgan fingerprint density at radius 3 is 1.23 bits per heavy atom. The van der Waals surface area contributed by atoms with Crippen molar-refractivity contribution in [3.8, 4) is 0 Å². The van der Waals surface area contributed by atoms with Crippen LogP contribution in [0.15, 0.2) is 22.3 Å². The zero-order valence-corrected chi connectivity index (χ0v) is 12.8. The molecule has 174 valence electrons. The minimum atomic E-state index is -7.66. The summed E-state index contributed by atoms with van der Waals surface area (Å²) in [6.45, 7) is 0. The summed E-state index contributed by atoms with van der Waals surface area (Å²) < 4.78 is 239. The van der Waals surface area contributed by atoms with Crippen molar-refractivity contribution in [2.75, 3.05) is 0 Å². The topological polar surface area (TPSA) is 0 Å². The van der Waals surface area contributed by atoms with E-state index in [1.54, 1.807) is 0 Å². The van der Waals surface area contributed by atoms with Crippen molar-refractivity contribution in [1.82, 2.24) is 0 Å². The van der Waals surface area contributed by atoms with Gasteiger partial charge in [-0.05, 0) is 0 Å². The highest BCUT2D eigenvalue weighted by atomic mass is 19.4. The molecule has 0 N–H and O–H groups in total. The lowest BCUT2D eigenvalue weighted by atomic mass is 9.78. The van der Waals surface area contributed by atoms with Gasteiger partial charge < -0.3 is 0 Å². The lowest BCUT2D eigenvalue weighted by molar-refractivity contribution is -0.362. The predicted molar refractivity (Wildman–Crippen MR) is 55.8 cm³/mol. The van der Waals surface area contributed by atoms with Gasteiger partial charge in [0.1, 0.15) is 5.57 Å². The molecule has 30 heavy (non-hydrogen) atoms. The van der Waals surface area contributed by atoms with E-state index in [-0.39, 0.29) is 0 Å². The molecule has 0 saturated carbocycles. The van der Waals surface area contributed by atoms with E-state index in [0.717, 1.165) is 0 Å². The van der Waals surface area contributed by atoms with Gasteiger partial charge in [0.15, 0.2) is 0 Å². The monoisotopic (exact) mass is 486 g/mol. The van der Waals surface area contributed by atoms with Gasteiger partial charge in [0.05, 0.1) is 11.1 Å². The predicted octanol–water partition coefficient (Wildman–Crippen LogP) is 6.54. The van der Waals surface area contributed by atoms with Gasteiger partial charge >= 0.3 is 47.9 Å². The maximum Gasteiger partial charge on any atom is 0.458 e. The highest BCUT2D eigenvalue weighted by Crippen LogP contribution is 2.71. The van der Waals surface area contributed by atoms with Crippen molar-refractivity contribution in [1.29, 1.82) is 0 Å². The first-order valence-corrected chi connectivity index (χ1v) is 6.65. The molecule has 0 saturated heterocycles. The number of allylic oxidation sites excluding steroid dienone is 4. The van der Waals surface area contributed by atoms with Crippen LogP contribution < -0.4 is 0 Å². The third-order valence-electron chi connectivity index (χ3n) is 4.14. The van der Waals surface area contributed by atoms with Gasteiger partial charge in [-0.2, -0.15) is 79.0 Å². The normalized spacial score (nSPS) is 27.4. The molecule has 0 heterocycles.